The number of fused-ring (bicyclic) bond motifs is 1. The second-order valence-corrected chi connectivity index (χ2v) is 4.83. The minimum atomic E-state index is 0.797. The third-order valence-electron chi connectivity index (χ3n) is 3.45. The average molecular weight is 243 g/mol. The number of carbonyl (C=O) groups is 1. The first-order chi connectivity index (χ1) is 8.86. The summed E-state index contributed by atoms with van der Waals surface area (Å²) in [6.45, 7) is 3.24. The van der Waals surface area contributed by atoms with Gasteiger partial charge in [-0.15, -0.1) is 0 Å². The second kappa shape index (κ2) is 6.39. The van der Waals surface area contributed by atoms with E-state index in [1.165, 1.54) is 32.1 Å². The first-order valence-electron chi connectivity index (χ1n) is 6.90. The van der Waals surface area contributed by atoms with Crippen molar-refractivity contribution in [1.82, 2.24) is 4.57 Å². The number of unbranched alkanes of at least 4 members (excludes halogenated alkanes) is 4. The second-order valence-electron chi connectivity index (χ2n) is 4.83. The molecule has 1 aromatic heterocycles. The lowest BCUT2D eigenvalue weighted by Gasteiger charge is -2.07. The Morgan fingerprint density at radius 2 is 1.94 bits per heavy atom. The van der Waals surface area contributed by atoms with Gasteiger partial charge >= 0.3 is 0 Å². The molecule has 0 aliphatic rings. The van der Waals surface area contributed by atoms with Crippen molar-refractivity contribution in [3.63, 3.8) is 0 Å². The van der Waals surface area contributed by atoms with E-state index in [1.54, 1.807) is 0 Å². The van der Waals surface area contributed by atoms with Gasteiger partial charge in [-0.25, -0.2) is 0 Å². The number of carbonyl (C=O) groups excluding carboxylic acids is 1. The Kier molecular flexibility index (Phi) is 4.57. The van der Waals surface area contributed by atoms with E-state index in [0.29, 0.717) is 0 Å². The first kappa shape index (κ1) is 12.9. The molecule has 0 aliphatic heterocycles. The third kappa shape index (κ3) is 2.81. The molecule has 18 heavy (non-hydrogen) atoms. The van der Waals surface area contributed by atoms with Crippen LogP contribution in [0.2, 0.25) is 0 Å². The van der Waals surface area contributed by atoms with Crippen molar-refractivity contribution in [2.75, 3.05) is 0 Å². The first-order valence-corrected chi connectivity index (χ1v) is 6.90. The Labute approximate surface area is 109 Å². The highest BCUT2D eigenvalue weighted by atomic mass is 16.1. The number of hydrogen-bond acceptors (Lipinski definition) is 1. The lowest BCUT2D eigenvalue weighted by molar-refractivity contribution is 0.112. The Balaban J connectivity index is 2.06. The molecule has 2 rings (SSSR count). The number of rotatable bonds is 7. The van der Waals surface area contributed by atoms with Crippen LogP contribution in [0.5, 0.6) is 0 Å². The monoisotopic (exact) mass is 243 g/mol. The number of benzene rings is 1. The van der Waals surface area contributed by atoms with Crippen molar-refractivity contribution >= 4 is 17.2 Å². The molecule has 0 radical (unpaired) electrons. The maximum absolute atomic E-state index is 11.1. The van der Waals surface area contributed by atoms with Crippen molar-refractivity contribution in [2.45, 2.75) is 45.6 Å². The Morgan fingerprint density at radius 3 is 2.72 bits per heavy atom. The molecule has 0 bridgehead atoms. The predicted octanol–water partition coefficient (Wildman–Crippen LogP) is 4.42. The lowest BCUT2D eigenvalue weighted by Crippen LogP contribution is -1.98. The zero-order chi connectivity index (χ0) is 12.8. The van der Waals surface area contributed by atoms with Crippen molar-refractivity contribution in [3.05, 3.63) is 36.0 Å². The van der Waals surface area contributed by atoms with E-state index >= 15 is 0 Å². The van der Waals surface area contributed by atoms with E-state index in [4.69, 9.17) is 0 Å². The minimum Gasteiger partial charge on any atom is -0.347 e. The van der Waals surface area contributed by atoms with Gasteiger partial charge in [0.15, 0.2) is 6.29 Å². The summed E-state index contributed by atoms with van der Waals surface area (Å²) in [5.74, 6) is 0. The molecule has 2 nitrogen and oxygen atoms in total. The lowest BCUT2D eigenvalue weighted by atomic mass is 10.1. The highest BCUT2D eigenvalue weighted by Gasteiger charge is 2.05. The summed E-state index contributed by atoms with van der Waals surface area (Å²) in [5, 5.41) is 1.16. The summed E-state index contributed by atoms with van der Waals surface area (Å²) >= 11 is 0. The van der Waals surface area contributed by atoms with Gasteiger partial charge in [0.05, 0.1) is 5.52 Å². The van der Waals surface area contributed by atoms with Gasteiger partial charge in [0.25, 0.3) is 0 Å². The zero-order valence-electron chi connectivity index (χ0n) is 11.1. The molecule has 0 unspecified atom stereocenters. The Morgan fingerprint density at radius 1 is 1.11 bits per heavy atom. The summed E-state index contributed by atoms with van der Waals surface area (Å²) in [7, 11) is 0. The topological polar surface area (TPSA) is 22.0 Å². The van der Waals surface area contributed by atoms with Crippen LogP contribution in [-0.4, -0.2) is 10.9 Å². The number of nitrogens with zero attached hydrogens (tertiary/aromatic N) is 1. The standard InChI is InChI=1S/C16H21NO/c1-2-3-4-5-6-11-17-12-10-14-8-7-9-15(13-18)16(14)17/h7-10,12-13H,2-6,11H2,1H3. The molecule has 0 saturated carbocycles. The van der Waals surface area contributed by atoms with Gasteiger partial charge in [-0.1, -0.05) is 44.7 Å². The van der Waals surface area contributed by atoms with E-state index in [-0.39, 0.29) is 0 Å². The average Bonchev–Trinajstić information content (AvgIpc) is 2.82. The van der Waals surface area contributed by atoms with Gasteiger partial charge in [0.1, 0.15) is 0 Å². The van der Waals surface area contributed by atoms with Gasteiger partial charge in [0, 0.05) is 23.7 Å². The molecule has 96 valence electrons. The van der Waals surface area contributed by atoms with E-state index in [2.05, 4.69) is 29.8 Å². The van der Waals surface area contributed by atoms with Crippen LogP contribution < -0.4 is 0 Å². The molecule has 0 N–H and O–H groups in total. The number of hydrogen-bond donors (Lipinski definition) is 0. The number of para-hydroxylation sites is 1. The molecule has 0 spiro atoms. The quantitative estimate of drug-likeness (QED) is 0.521. The predicted molar refractivity (Wildman–Crippen MR) is 76.1 cm³/mol. The van der Waals surface area contributed by atoms with Gasteiger partial charge in [0.2, 0.25) is 0 Å². The molecule has 0 saturated heterocycles. The molecule has 1 heterocycles. The van der Waals surface area contributed by atoms with Gasteiger partial charge in [-0.05, 0) is 18.6 Å². The maximum Gasteiger partial charge on any atom is 0.152 e. The molecule has 1 aromatic carbocycles. The van der Waals surface area contributed by atoms with E-state index in [0.717, 1.165) is 29.3 Å². The molecule has 0 aliphatic carbocycles. The highest BCUT2D eigenvalue weighted by molar-refractivity contribution is 5.96. The summed E-state index contributed by atoms with van der Waals surface area (Å²) < 4.78 is 2.21. The SMILES string of the molecule is CCCCCCCn1ccc2cccc(C=O)c21. The number of aldehydes is 1. The van der Waals surface area contributed by atoms with Crippen molar-refractivity contribution in [3.8, 4) is 0 Å². The van der Waals surface area contributed by atoms with Crippen LogP contribution in [0.4, 0.5) is 0 Å². The largest absolute Gasteiger partial charge is 0.347 e. The van der Waals surface area contributed by atoms with Crippen LogP contribution in [-0.2, 0) is 6.54 Å². The molecule has 0 amide bonds. The molecule has 2 aromatic rings. The summed E-state index contributed by atoms with van der Waals surface area (Å²) in [6, 6.07) is 7.99. The van der Waals surface area contributed by atoms with E-state index < -0.39 is 0 Å². The van der Waals surface area contributed by atoms with E-state index in [9.17, 15) is 4.79 Å². The summed E-state index contributed by atoms with van der Waals surface area (Å²) in [4.78, 5) is 11.1. The van der Waals surface area contributed by atoms with Crippen LogP contribution in [0.3, 0.4) is 0 Å². The number of aromatic nitrogens is 1. The highest BCUT2D eigenvalue weighted by Crippen LogP contribution is 2.20. The van der Waals surface area contributed by atoms with Crippen LogP contribution in [0.1, 0.15) is 49.4 Å². The Hall–Kier alpha value is -1.57. The smallest absolute Gasteiger partial charge is 0.152 e. The Bertz CT molecular complexity index is 513. The summed E-state index contributed by atoms with van der Waals surface area (Å²) in [5.41, 5.74) is 1.88. The third-order valence-corrected chi connectivity index (χ3v) is 3.45. The fraction of sp³-hybridized carbons (Fsp3) is 0.438. The van der Waals surface area contributed by atoms with Crippen molar-refractivity contribution in [2.24, 2.45) is 0 Å². The molecule has 0 atom stereocenters. The van der Waals surface area contributed by atoms with Crippen LogP contribution in [0.25, 0.3) is 10.9 Å². The van der Waals surface area contributed by atoms with Crippen LogP contribution in [0.15, 0.2) is 30.5 Å². The molecule has 0 fully saturated rings. The molecular weight excluding hydrogens is 222 g/mol. The van der Waals surface area contributed by atoms with Gasteiger partial charge < -0.3 is 4.57 Å². The fourth-order valence-electron chi connectivity index (χ4n) is 2.46. The van der Waals surface area contributed by atoms with Crippen LogP contribution >= 0.6 is 0 Å². The molecule has 2 heteroatoms. The van der Waals surface area contributed by atoms with Crippen molar-refractivity contribution < 1.29 is 4.79 Å². The van der Waals surface area contributed by atoms with E-state index in [1.807, 2.05) is 12.1 Å². The minimum absolute atomic E-state index is 0.797. The maximum atomic E-state index is 11.1. The fourth-order valence-corrected chi connectivity index (χ4v) is 2.46. The number of aryl methyl sites for hydroxylation is 1. The van der Waals surface area contributed by atoms with Crippen LogP contribution in [0, 0.1) is 0 Å². The van der Waals surface area contributed by atoms with Gasteiger partial charge in [-0.3, -0.25) is 4.79 Å². The summed E-state index contributed by atoms with van der Waals surface area (Å²) in [6.07, 6.45) is 9.44. The van der Waals surface area contributed by atoms with Gasteiger partial charge in [-0.2, -0.15) is 0 Å². The zero-order valence-corrected chi connectivity index (χ0v) is 11.1. The molecular formula is C16H21NO. The van der Waals surface area contributed by atoms with Crippen molar-refractivity contribution in [1.29, 1.82) is 0 Å². The normalized spacial score (nSPS) is 10.9.